The molecule has 0 radical (unpaired) electrons. The first kappa shape index (κ1) is 18.9. The Labute approximate surface area is 173 Å². The number of aryl methyl sites for hydroxylation is 3. The fourth-order valence-electron chi connectivity index (χ4n) is 6.60. The Bertz CT molecular complexity index is 975. The van der Waals surface area contributed by atoms with Crippen LogP contribution in [0.25, 0.3) is 6.08 Å². The van der Waals surface area contributed by atoms with Crippen molar-refractivity contribution < 1.29 is 10.2 Å². The Morgan fingerprint density at radius 3 is 2.90 bits per heavy atom. The first-order valence-electron chi connectivity index (χ1n) is 11.1. The molecule has 4 nitrogen and oxygen atoms in total. The van der Waals surface area contributed by atoms with E-state index in [0.29, 0.717) is 23.5 Å². The molecule has 2 aromatic rings. The normalized spacial score (nSPS) is 34.7. The van der Waals surface area contributed by atoms with Crippen molar-refractivity contribution in [2.24, 2.45) is 17.3 Å². The smallest absolute Gasteiger partial charge is 0.115 e. The summed E-state index contributed by atoms with van der Waals surface area (Å²) in [7, 11) is 0. The maximum absolute atomic E-state index is 11.4. The number of aliphatic hydroxyl groups is 1. The first-order chi connectivity index (χ1) is 13.9. The third kappa shape index (κ3) is 2.87. The third-order valence-electron chi connectivity index (χ3n) is 8.23. The van der Waals surface area contributed by atoms with Gasteiger partial charge < -0.3 is 10.2 Å². The van der Waals surface area contributed by atoms with Crippen LogP contribution < -0.4 is 0 Å². The highest BCUT2D eigenvalue weighted by molar-refractivity contribution is 5.57. The van der Waals surface area contributed by atoms with Crippen molar-refractivity contribution in [2.75, 3.05) is 0 Å². The zero-order chi connectivity index (χ0) is 20.3. The van der Waals surface area contributed by atoms with Gasteiger partial charge in [-0.05, 0) is 98.6 Å². The van der Waals surface area contributed by atoms with E-state index in [-0.39, 0.29) is 11.5 Å². The molecule has 2 saturated carbocycles. The van der Waals surface area contributed by atoms with Crippen LogP contribution in [-0.2, 0) is 13.0 Å². The van der Waals surface area contributed by atoms with Gasteiger partial charge in [0.1, 0.15) is 5.75 Å². The average Bonchev–Trinajstić information content (AvgIpc) is 3.19. The number of benzene rings is 1. The highest BCUT2D eigenvalue weighted by Crippen LogP contribution is 2.62. The molecule has 0 saturated heterocycles. The number of hydrogen-bond donors (Lipinski definition) is 2. The Balaban J connectivity index is 1.48. The van der Waals surface area contributed by atoms with Crippen LogP contribution in [0.1, 0.15) is 67.8 Å². The standard InChI is InChI=1S/C25H32N2O2/c1-4-27-14-18(15(2)26-27)11-17-13-23-22-7-5-16-12-19(28)6-8-20(16)21(22)9-10-25(23,3)24(17)29/h6,8,11-12,14,21-24,28-29H,4-5,7,9-10,13H2,1-3H3/b17-11+/t21-,22+,23+,24-,25-/m0/s1. The van der Waals surface area contributed by atoms with E-state index in [0.717, 1.165) is 49.9 Å². The third-order valence-corrected chi connectivity index (χ3v) is 8.23. The van der Waals surface area contributed by atoms with Crippen LogP contribution in [0, 0.1) is 24.2 Å². The summed E-state index contributed by atoms with van der Waals surface area (Å²) in [5.74, 6) is 2.08. The minimum Gasteiger partial charge on any atom is -0.508 e. The first-order valence-corrected chi connectivity index (χ1v) is 11.1. The number of aliphatic hydroxyl groups excluding tert-OH is 1. The van der Waals surface area contributed by atoms with Gasteiger partial charge in [-0.15, -0.1) is 0 Å². The Kier molecular flexibility index (Phi) is 4.39. The Morgan fingerprint density at radius 2 is 2.14 bits per heavy atom. The lowest BCUT2D eigenvalue weighted by Gasteiger charge is -2.49. The molecule has 1 aromatic heterocycles. The molecule has 5 rings (SSSR count). The van der Waals surface area contributed by atoms with Crippen molar-refractivity contribution in [3.8, 4) is 5.75 Å². The van der Waals surface area contributed by atoms with Crippen LogP contribution in [0.5, 0.6) is 5.75 Å². The predicted molar refractivity (Wildman–Crippen MR) is 115 cm³/mol. The average molecular weight is 393 g/mol. The van der Waals surface area contributed by atoms with Crippen LogP contribution >= 0.6 is 0 Å². The van der Waals surface area contributed by atoms with E-state index < -0.39 is 0 Å². The molecular formula is C25H32N2O2. The van der Waals surface area contributed by atoms with Crippen LogP contribution in [0.3, 0.4) is 0 Å². The molecule has 1 aromatic carbocycles. The quantitative estimate of drug-likeness (QED) is 0.770. The minimum atomic E-state index is -0.362. The molecule has 0 aliphatic heterocycles. The highest BCUT2D eigenvalue weighted by Gasteiger charge is 2.56. The van der Waals surface area contributed by atoms with Crippen molar-refractivity contribution in [3.05, 3.63) is 52.4 Å². The topological polar surface area (TPSA) is 58.3 Å². The van der Waals surface area contributed by atoms with Crippen LogP contribution in [0.4, 0.5) is 0 Å². The van der Waals surface area contributed by atoms with Crippen LogP contribution in [-0.4, -0.2) is 26.1 Å². The van der Waals surface area contributed by atoms with Gasteiger partial charge in [0.25, 0.3) is 0 Å². The monoisotopic (exact) mass is 392 g/mol. The summed E-state index contributed by atoms with van der Waals surface area (Å²) < 4.78 is 1.97. The Morgan fingerprint density at radius 1 is 1.31 bits per heavy atom. The molecule has 0 spiro atoms. The van der Waals surface area contributed by atoms with Crippen molar-refractivity contribution >= 4 is 6.08 Å². The van der Waals surface area contributed by atoms with Gasteiger partial charge in [0, 0.05) is 23.7 Å². The van der Waals surface area contributed by atoms with Crippen molar-refractivity contribution in [1.82, 2.24) is 9.78 Å². The number of aromatic hydroxyl groups is 1. The largest absolute Gasteiger partial charge is 0.508 e. The molecule has 3 aliphatic carbocycles. The van der Waals surface area contributed by atoms with Gasteiger partial charge in [0.15, 0.2) is 0 Å². The van der Waals surface area contributed by atoms with Crippen LogP contribution in [0.15, 0.2) is 30.0 Å². The van der Waals surface area contributed by atoms with Gasteiger partial charge >= 0.3 is 0 Å². The maximum atomic E-state index is 11.4. The molecule has 1 heterocycles. The zero-order valence-electron chi connectivity index (χ0n) is 17.7. The van der Waals surface area contributed by atoms with E-state index in [1.807, 2.05) is 16.8 Å². The van der Waals surface area contributed by atoms with Crippen LogP contribution in [0.2, 0.25) is 0 Å². The second-order valence-electron chi connectivity index (χ2n) is 9.69. The minimum absolute atomic E-state index is 0.0317. The zero-order valence-corrected chi connectivity index (χ0v) is 17.7. The fraction of sp³-hybridized carbons (Fsp3) is 0.560. The summed E-state index contributed by atoms with van der Waals surface area (Å²) in [4.78, 5) is 0. The van der Waals surface area contributed by atoms with E-state index in [9.17, 15) is 10.2 Å². The molecular weight excluding hydrogens is 360 g/mol. The lowest BCUT2D eigenvalue weighted by molar-refractivity contribution is -0.0158. The van der Waals surface area contributed by atoms with E-state index in [1.54, 1.807) is 0 Å². The number of rotatable bonds is 2. The molecule has 2 N–H and O–H groups in total. The molecule has 0 amide bonds. The SMILES string of the molecule is CCn1cc(/C=C2\C[C@@H]3[C@@H]4CCc5cc(O)ccc5[C@@H]4CC[C@]3(C)[C@H]2O)c(C)n1. The van der Waals surface area contributed by atoms with Crippen molar-refractivity contribution in [1.29, 1.82) is 0 Å². The summed E-state index contributed by atoms with van der Waals surface area (Å²) in [5, 5.41) is 25.8. The van der Waals surface area contributed by atoms with Gasteiger partial charge in [-0.2, -0.15) is 5.10 Å². The Hall–Kier alpha value is -2.07. The lowest BCUT2D eigenvalue weighted by Crippen LogP contribution is -2.44. The number of phenolic OH excluding ortho intramolecular Hbond substituents is 1. The lowest BCUT2D eigenvalue weighted by atomic mass is 9.55. The van der Waals surface area contributed by atoms with E-state index in [2.05, 4.69) is 44.2 Å². The summed E-state index contributed by atoms with van der Waals surface area (Å²) >= 11 is 0. The number of fused-ring (bicyclic) bond motifs is 5. The van der Waals surface area contributed by atoms with Crippen molar-refractivity contribution in [3.63, 3.8) is 0 Å². The molecule has 0 unspecified atom stereocenters. The predicted octanol–water partition coefficient (Wildman–Crippen LogP) is 4.83. The van der Waals surface area contributed by atoms with Gasteiger partial charge in [-0.3, -0.25) is 4.68 Å². The molecule has 2 fully saturated rings. The number of aromatic nitrogens is 2. The molecule has 3 aliphatic rings. The highest BCUT2D eigenvalue weighted by atomic mass is 16.3. The maximum Gasteiger partial charge on any atom is 0.115 e. The molecule has 0 bridgehead atoms. The molecule has 154 valence electrons. The van der Waals surface area contributed by atoms with E-state index in [1.165, 1.54) is 16.7 Å². The van der Waals surface area contributed by atoms with Gasteiger partial charge in [0.2, 0.25) is 0 Å². The number of nitrogens with zero attached hydrogens (tertiary/aromatic N) is 2. The fourth-order valence-corrected chi connectivity index (χ4v) is 6.60. The summed E-state index contributed by atoms with van der Waals surface area (Å²) in [6.07, 6.45) is 9.33. The van der Waals surface area contributed by atoms with E-state index >= 15 is 0 Å². The molecule has 5 atom stereocenters. The summed E-state index contributed by atoms with van der Waals surface area (Å²) in [6.45, 7) is 7.34. The second-order valence-corrected chi connectivity index (χ2v) is 9.69. The van der Waals surface area contributed by atoms with Gasteiger partial charge in [-0.1, -0.05) is 13.0 Å². The summed E-state index contributed by atoms with van der Waals surface area (Å²) in [5.41, 5.74) is 6.10. The number of hydrogen-bond acceptors (Lipinski definition) is 3. The summed E-state index contributed by atoms with van der Waals surface area (Å²) in [6, 6.07) is 5.95. The van der Waals surface area contributed by atoms with E-state index in [4.69, 9.17) is 0 Å². The van der Waals surface area contributed by atoms with Gasteiger partial charge in [-0.25, -0.2) is 0 Å². The molecule has 4 heteroatoms. The van der Waals surface area contributed by atoms with Gasteiger partial charge in [0.05, 0.1) is 11.8 Å². The number of phenols is 1. The van der Waals surface area contributed by atoms with Crippen molar-refractivity contribution in [2.45, 2.75) is 71.4 Å². The second kappa shape index (κ2) is 6.73. The molecule has 29 heavy (non-hydrogen) atoms.